The van der Waals surface area contributed by atoms with Crippen LogP contribution < -0.4 is 5.32 Å². The van der Waals surface area contributed by atoms with Crippen LogP contribution in [-0.4, -0.2) is 32.7 Å². The Morgan fingerprint density at radius 3 is 2.70 bits per heavy atom. The Bertz CT molecular complexity index is 535. The van der Waals surface area contributed by atoms with Gasteiger partial charge in [-0.1, -0.05) is 24.9 Å². The molecule has 7 nitrogen and oxygen atoms in total. The fourth-order valence-corrected chi connectivity index (χ4v) is 3.16. The van der Waals surface area contributed by atoms with E-state index in [1.807, 2.05) is 0 Å². The number of carbonyl (C=O) groups excluding carboxylic acids is 1. The van der Waals surface area contributed by atoms with Gasteiger partial charge in [0, 0.05) is 19.3 Å². The van der Waals surface area contributed by atoms with Crippen LogP contribution in [0, 0.1) is 0 Å². The van der Waals surface area contributed by atoms with Crippen molar-refractivity contribution in [2.75, 3.05) is 0 Å². The van der Waals surface area contributed by atoms with Crippen LogP contribution in [0.25, 0.3) is 0 Å². The lowest BCUT2D eigenvalue weighted by Crippen LogP contribution is -2.47. The van der Waals surface area contributed by atoms with Gasteiger partial charge < -0.3 is 14.9 Å². The number of aryl methyl sites for hydroxylation is 2. The number of amides is 1. The summed E-state index contributed by atoms with van der Waals surface area (Å²) in [6, 6.07) is 0. The molecule has 1 heterocycles. The minimum atomic E-state index is -0.860. The predicted molar refractivity (Wildman–Crippen MR) is 82.8 cm³/mol. The van der Waals surface area contributed by atoms with Crippen LogP contribution in [-0.2, 0) is 22.4 Å². The zero-order chi connectivity index (χ0) is 16.7. The first kappa shape index (κ1) is 17.4. The van der Waals surface area contributed by atoms with E-state index >= 15 is 0 Å². The van der Waals surface area contributed by atoms with Gasteiger partial charge in [0.25, 0.3) is 0 Å². The first-order chi connectivity index (χ1) is 11.0. The Morgan fingerprint density at radius 1 is 1.30 bits per heavy atom. The molecular weight excluding hydrogens is 298 g/mol. The molecule has 0 bridgehead atoms. The second kappa shape index (κ2) is 8.08. The maximum Gasteiger partial charge on any atom is 0.305 e. The fourth-order valence-electron chi connectivity index (χ4n) is 3.16. The lowest BCUT2D eigenvalue weighted by Gasteiger charge is -2.28. The summed E-state index contributed by atoms with van der Waals surface area (Å²) in [5, 5.41) is 15.9. The van der Waals surface area contributed by atoms with E-state index in [2.05, 4.69) is 22.4 Å². The van der Waals surface area contributed by atoms with Gasteiger partial charge in [0.1, 0.15) is 0 Å². The van der Waals surface area contributed by atoms with Gasteiger partial charge in [0.2, 0.25) is 11.8 Å². The van der Waals surface area contributed by atoms with Crippen molar-refractivity contribution >= 4 is 11.9 Å². The summed E-state index contributed by atoms with van der Waals surface area (Å²) in [4.78, 5) is 27.4. The van der Waals surface area contributed by atoms with E-state index in [1.54, 1.807) is 0 Å². The zero-order valence-electron chi connectivity index (χ0n) is 13.6. The lowest BCUT2D eigenvalue weighted by atomic mass is 9.93. The zero-order valence-corrected chi connectivity index (χ0v) is 13.6. The highest BCUT2D eigenvalue weighted by atomic mass is 16.5. The van der Waals surface area contributed by atoms with Crippen molar-refractivity contribution in [1.82, 2.24) is 15.5 Å². The summed E-state index contributed by atoms with van der Waals surface area (Å²) < 4.78 is 5.13. The van der Waals surface area contributed by atoms with Crippen molar-refractivity contribution in [2.45, 2.75) is 76.7 Å². The summed E-state index contributed by atoms with van der Waals surface area (Å²) in [6.07, 6.45) is 6.71. The number of nitrogens with one attached hydrogen (secondary N) is 1. The van der Waals surface area contributed by atoms with E-state index in [4.69, 9.17) is 9.63 Å². The lowest BCUT2D eigenvalue weighted by molar-refractivity contribution is -0.139. The molecule has 1 fully saturated rings. The quantitative estimate of drug-likeness (QED) is 0.722. The fraction of sp³-hybridized carbons (Fsp3) is 0.750. The molecule has 1 aliphatic carbocycles. The molecule has 0 spiro atoms. The van der Waals surface area contributed by atoms with Crippen molar-refractivity contribution in [3.63, 3.8) is 0 Å². The van der Waals surface area contributed by atoms with Crippen molar-refractivity contribution in [2.24, 2.45) is 0 Å². The molecule has 2 N–H and O–H groups in total. The second-order valence-corrected chi connectivity index (χ2v) is 6.31. The van der Waals surface area contributed by atoms with Crippen molar-refractivity contribution in [3.8, 4) is 0 Å². The molecular formula is C16H25N3O4. The number of rotatable bonds is 9. The highest BCUT2D eigenvalue weighted by Crippen LogP contribution is 2.32. The van der Waals surface area contributed by atoms with Crippen LogP contribution in [0.4, 0.5) is 0 Å². The van der Waals surface area contributed by atoms with E-state index in [-0.39, 0.29) is 12.3 Å². The number of carboxylic acids is 1. The van der Waals surface area contributed by atoms with E-state index in [0.29, 0.717) is 31.0 Å². The number of aromatic nitrogens is 2. The SMILES string of the molecule is CCCc1noc(CCCC(=O)NC2(CC(=O)O)CCCC2)n1. The first-order valence-electron chi connectivity index (χ1n) is 8.37. The normalized spacial score (nSPS) is 16.4. The van der Waals surface area contributed by atoms with Crippen molar-refractivity contribution in [1.29, 1.82) is 0 Å². The molecule has 1 amide bonds. The summed E-state index contributed by atoms with van der Waals surface area (Å²) in [5.74, 6) is 0.309. The topological polar surface area (TPSA) is 105 Å². The third kappa shape index (κ3) is 5.33. The van der Waals surface area contributed by atoms with Gasteiger partial charge in [-0.15, -0.1) is 0 Å². The number of carbonyl (C=O) groups is 2. The molecule has 0 saturated heterocycles. The number of carboxylic acid groups (broad SMARTS) is 1. The van der Waals surface area contributed by atoms with Gasteiger partial charge in [-0.05, 0) is 25.7 Å². The Labute approximate surface area is 135 Å². The Kier molecular flexibility index (Phi) is 6.12. The van der Waals surface area contributed by atoms with Crippen LogP contribution in [0.15, 0.2) is 4.52 Å². The van der Waals surface area contributed by atoms with Crippen molar-refractivity contribution < 1.29 is 19.2 Å². The molecule has 0 radical (unpaired) electrons. The maximum absolute atomic E-state index is 12.1. The maximum atomic E-state index is 12.1. The van der Waals surface area contributed by atoms with Gasteiger partial charge in [-0.3, -0.25) is 9.59 Å². The molecule has 1 aromatic heterocycles. The smallest absolute Gasteiger partial charge is 0.305 e. The van der Waals surface area contributed by atoms with Crippen LogP contribution >= 0.6 is 0 Å². The summed E-state index contributed by atoms with van der Waals surface area (Å²) in [7, 11) is 0. The van der Waals surface area contributed by atoms with Gasteiger partial charge in [-0.2, -0.15) is 4.98 Å². The molecule has 0 aromatic carbocycles. The molecule has 128 valence electrons. The largest absolute Gasteiger partial charge is 0.481 e. The standard InChI is InChI=1S/C16H25N3O4/c1-2-6-12-17-14(23-19-12)8-5-7-13(20)18-16(11-15(21)22)9-3-4-10-16/h2-11H2,1H3,(H,18,20)(H,21,22). The molecule has 2 rings (SSSR count). The Hall–Kier alpha value is -1.92. The average molecular weight is 323 g/mol. The second-order valence-electron chi connectivity index (χ2n) is 6.31. The predicted octanol–water partition coefficient (Wildman–Crippen LogP) is 2.25. The number of hydrogen-bond acceptors (Lipinski definition) is 5. The van der Waals surface area contributed by atoms with Crippen LogP contribution in [0.1, 0.15) is 70.0 Å². The minimum Gasteiger partial charge on any atom is -0.481 e. The molecule has 23 heavy (non-hydrogen) atoms. The number of aliphatic carboxylic acids is 1. The molecule has 1 saturated carbocycles. The van der Waals surface area contributed by atoms with Gasteiger partial charge in [-0.25, -0.2) is 0 Å². The molecule has 1 aromatic rings. The Morgan fingerprint density at radius 2 is 2.04 bits per heavy atom. The summed E-state index contributed by atoms with van der Waals surface area (Å²) in [6.45, 7) is 2.05. The van der Waals surface area contributed by atoms with Crippen LogP contribution in [0.2, 0.25) is 0 Å². The Balaban J connectivity index is 1.76. The third-order valence-corrected chi connectivity index (χ3v) is 4.23. The van der Waals surface area contributed by atoms with E-state index in [1.165, 1.54) is 0 Å². The van der Waals surface area contributed by atoms with E-state index in [9.17, 15) is 9.59 Å². The minimum absolute atomic E-state index is 0.00276. The highest BCUT2D eigenvalue weighted by molar-refractivity contribution is 5.78. The first-order valence-corrected chi connectivity index (χ1v) is 8.37. The summed E-state index contributed by atoms with van der Waals surface area (Å²) in [5.41, 5.74) is -0.554. The van der Waals surface area contributed by atoms with Crippen LogP contribution in [0.3, 0.4) is 0 Å². The monoisotopic (exact) mass is 323 g/mol. The summed E-state index contributed by atoms with van der Waals surface area (Å²) >= 11 is 0. The molecule has 1 aliphatic rings. The van der Waals surface area contributed by atoms with Gasteiger partial charge >= 0.3 is 5.97 Å². The van der Waals surface area contributed by atoms with E-state index in [0.717, 1.165) is 38.5 Å². The number of hydrogen-bond donors (Lipinski definition) is 2. The molecule has 0 atom stereocenters. The van der Waals surface area contributed by atoms with Crippen molar-refractivity contribution in [3.05, 3.63) is 11.7 Å². The molecule has 0 unspecified atom stereocenters. The van der Waals surface area contributed by atoms with Gasteiger partial charge in [0.05, 0.1) is 12.0 Å². The van der Waals surface area contributed by atoms with Crippen LogP contribution in [0.5, 0.6) is 0 Å². The van der Waals surface area contributed by atoms with E-state index < -0.39 is 11.5 Å². The highest BCUT2D eigenvalue weighted by Gasteiger charge is 2.37. The molecule has 7 heteroatoms. The third-order valence-electron chi connectivity index (χ3n) is 4.23. The number of nitrogens with zero attached hydrogens (tertiary/aromatic N) is 2. The van der Waals surface area contributed by atoms with Gasteiger partial charge in [0.15, 0.2) is 5.82 Å². The average Bonchev–Trinajstić information content (AvgIpc) is 3.09. The molecule has 0 aliphatic heterocycles.